The van der Waals surface area contributed by atoms with E-state index < -0.39 is 0 Å². The first-order chi connectivity index (χ1) is 9.80. The van der Waals surface area contributed by atoms with Crippen LogP contribution >= 0.6 is 0 Å². The third-order valence-corrected chi connectivity index (χ3v) is 4.03. The summed E-state index contributed by atoms with van der Waals surface area (Å²) < 4.78 is 16.5. The summed E-state index contributed by atoms with van der Waals surface area (Å²) in [5, 5.41) is 9.48. The molecule has 0 bridgehead atoms. The Morgan fingerprint density at radius 1 is 1.30 bits per heavy atom. The smallest absolute Gasteiger partial charge is 0.161 e. The van der Waals surface area contributed by atoms with E-state index in [4.69, 9.17) is 14.2 Å². The van der Waals surface area contributed by atoms with E-state index in [1.54, 1.807) is 7.11 Å². The van der Waals surface area contributed by atoms with Gasteiger partial charge in [0.1, 0.15) is 13.2 Å². The Balaban J connectivity index is 1.71. The molecule has 0 saturated carbocycles. The fraction of sp³-hybridized carbons (Fsp3) is 0.600. The highest BCUT2D eigenvalue weighted by Gasteiger charge is 2.31. The zero-order valence-corrected chi connectivity index (χ0v) is 11.7. The van der Waals surface area contributed by atoms with Crippen LogP contribution in [0.15, 0.2) is 18.2 Å². The van der Waals surface area contributed by atoms with Gasteiger partial charge < -0.3 is 19.3 Å². The van der Waals surface area contributed by atoms with E-state index in [-0.39, 0.29) is 18.8 Å². The predicted octanol–water partition coefficient (Wildman–Crippen LogP) is 1.04. The number of benzene rings is 1. The molecule has 0 unspecified atom stereocenters. The van der Waals surface area contributed by atoms with E-state index in [9.17, 15) is 5.11 Å². The lowest BCUT2D eigenvalue weighted by Crippen LogP contribution is -2.32. The summed E-state index contributed by atoms with van der Waals surface area (Å²) in [5.41, 5.74) is 1.17. The molecule has 1 aromatic rings. The minimum Gasteiger partial charge on any atom is -0.486 e. The van der Waals surface area contributed by atoms with Crippen molar-refractivity contribution in [3.05, 3.63) is 23.8 Å². The summed E-state index contributed by atoms with van der Waals surface area (Å²) in [6.45, 7) is 3.04. The van der Waals surface area contributed by atoms with Crippen LogP contribution in [0.5, 0.6) is 11.5 Å². The topological polar surface area (TPSA) is 51.2 Å². The molecule has 1 saturated heterocycles. The van der Waals surface area contributed by atoms with Crippen molar-refractivity contribution in [3.8, 4) is 11.5 Å². The molecule has 110 valence electrons. The number of nitrogens with zero attached hydrogens (tertiary/aromatic N) is 1. The third-order valence-electron chi connectivity index (χ3n) is 4.03. The monoisotopic (exact) mass is 279 g/mol. The van der Waals surface area contributed by atoms with Crippen LogP contribution in [0, 0.1) is 0 Å². The number of hydrogen-bond donors (Lipinski definition) is 1. The lowest BCUT2D eigenvalue weighted by molar-refractivity contribution is 0.107. The molecule has 5 heteroatoms. The number of rotatable bonds is 4. The first-order valence-electron chi connectivity index (χ1n) is 7.06. The molecule has 5 nitrogen and oxygen atoms in total. The van der Waals surface area contributed by atoms with Gasteiger partial charge in [0.2, 0.25) is 0 Å². The Kier molecular flexibility index (Phi) is 4.10. The molecular weight excluding hydrogens is 258 g/mol. The Morgan fingerprint density at radius 3 is 2.85 bits per heavy atom. The molecule has 2 aliphatic heterocycles. The van der Waals surface area contributed by atoms with Crippen LogP contribution in [0.2, 0.25) is 0 Å². The van der Waals surface area contributed by atoms with E-state index in [0.717, 1.165) is 31.0 Å². The van der Waals surface area contributed by atoms with Gasteiger partial charge >= 0.3 is 0 Å². The fourth-order valence-corrected chi connectivity index (χ4v) is 2.91. The number of hydrogen-bond acceptors (Lipinski definition) is 5. The molecule has 0 spiro atoms. The first-order valence-corrected chi connectivity index (χ1v) is 7.06. The number of ether oxygens (including phenoxy) is 3. The normalized spacial score (nSPS) is 25.9. The molecule has 0 radical (unpaired) electrons. The van der Waals surface area contributed by atoms with Crippen LogP contribution < -0.4 is 9.47 Å². The predicted molar refractivity (Wildman–Crippen MR) is 74.1 cm³/mol. The average Bonchev–Trinajstić information content (AvgIpc) is 2.89. The summed E-state index contributed by atoms with van der Waals surface area (Å²) in [6, 6.07) is 6.22. The molecule has 3 rings (SSSR count). The highest BCUT2D eigenvalue weighted by atomic mass is 16.6. The van der Waals surface area contributed by atoms with Gasteiger partial charge in [0, 0.05) is 26.2 Å². The molecule has 20 heavy (non-hydrogen) atoms. The van der Waals surface area contributed by atoms with Crippen molar-refractivity contribution in [1.29, 1.82) is 0 Å². The number of aliphatic hydroxyl groups is 1. The second kappa shape index (κ2) is 5.99. The van der Waals surface area contributed by atoms with Crippen molar-refractivity contribution in [2.45, 2.75) is 25.1 Å². The van der Waals surface area contributed by atoms with Crippen molar-refractivity contribution in [3.63, 3.8) is 0 Å². The number of aliphatic hydroxyl groups excluding tert-OH is 1. The maximum atomic E-state index is 9.48. The van der Waals surface area contributed by atoms with Crippen molar-refractivity contribution >= 4 is 0 Å². The zero-order chi connectivity index (χ0) is 13.9. The number of methoxy groups -OCH3 is 1. The van der Waals surface area contributed by atoms with Crippen molar-refractivity contribution in [2.75, 3.05) is 33.5 Å². The summed E-state index contributed by atoms with van der Waals surface area (Å²) >= 11 is 0. The quantitative estimate of drug-likeness (QED) is 0.892. The zero-order valence-electron chi connectivity index (χ0n) is 11.7. The summed E-state index contributed by atoms with van der Waals surface area (Å²) in [5.74, 6) is 1.63. The van der Waals surface area contributed by atoms with Crippen LogP contribution in [0.1, 0.15) is 12.0 Å². The van der Waals surface area contributed by atoms with Crippen molar-refractivity contribution in [1.82, 2.24) is 4.90 Å². The number of fused-ring (bicyclic) bond motifs is 1. The fourth-order valence-electron chi connectivity index (χ4n) is 2.91. The Morgan fingerprint density at radius 2 is 2.10 bits per heavy atom. The largest absolute Gasteiger partial charge is 0.486 e. The molecular formula is C15H21NO4. The maximum absolute atomic E-state index is 9.48. The van der Waals surface area contributed by atoms with Crippen molar-refractivity contribution < 1.29 is 19.3 Å². The molecule has 1 fully saturated rings. The van der Waals surface area contributed by atoms with E-state index in [1.807, 2.05) is 12.1 Å². The van der Waals surface area contributed by atoms with Gasteiger partial charge in [0.05, 0.1) is 12.7 Å². The first kappa shape index (κ1) is 13.7. The lowest BCUT2D eigenvalue weighted by atomic mass is 10.1. The number of likely N-dealkylation sites (tertiary alicyclic amines) is 1. The standard InChI is InChI=1S/C15H21NO4/c1-18-13-7-12(10-17)16(9-13)8-11-2-3-14-15(6-11)20-5-4-19-14/h2-3,6,12-13,17H,4-5,7-10H2,1H3/t12-,13+/m0/s1. The van der Waals surface area contributed by atoms with Crippen LogP contribution in [0.3, 0.4) is 0 Å². The van der Waals surface area contributed by atoms with E-state index in [1.165, 1.54) is 5.56 Å². The van der Waals surface area contributed by atoms with Crippen LogP contribution in [-0.4, -0.2) is 55.6 Å². The van der Waals surface area contributed by atoms with E-state index in [2.05, 4.69) is 11.0 Å². The van der Waals surface area contributed by atoms with Gasteiger partial charge in [-0.2, -0.15) is 0 Å². The maximum Gasteiger partial charge on any atom is 0.161 e. The summed E-state index contributed by atoms with van der Waals surface area (Å²) in [6.07, 6.45) is 1.10. The van der Waals surface area contributed by atoms with Crippen LogP contribution in [0.4, 0.5) is 0 Å². The lowest BCUT2D eigenvalue weighted by Gasteiger charge is -2.24. The molecule has 0 aliphatic carbocycles. The minimum absolute atomic E-state index is 0.171. The Hall–Kier alpha value is -1.30. The highest BCUT2D eigenvalue weighted by molar-refractivity contribution is 5.43. The van der Waals surface area contributed by atoms with E-state index >= 15 is 0 Å². The molecule has 1 aromatic carbocycles. The Labute approximate surface area is 119 Å². The van der Waals surface area contributed by atoms with Gasteiger partial charge in [0.25, 0.3) is 0 Å². The second-order valence-corrected chi connectivity index (χ2v) is 5.34. The second-order valence-electron chi connectivity index (χ2n) is 5.34. The van der Waals surface area contributed by atoms with Gasteiger partial charge in [-0.15, -0.1) is 0 Å². The highest BCUT2D eigenvalue weighted by Crippen LogP contribution is 2.32. The van der Waals surface area contributed by atoms with Gasteiger partial charge in [0.15, 0.2) is 11.5 Å². The Bertz CT molecular complexity index is 465. The molecule has 2 aliphatic rings. The van der Waals surface area contributed by atoms with Gasteiger partial charge in [-0.3, -0.25) is 4.90 Å². The third kappa shape index (κ3) is 2.75. The molecule has 1 N–H and O–H groups in total. The molecule has 2 atom stereocenters. The van der Waals surface area contributed by atoms with Crippen LogP contribution in [-0.2, 0) is 11.3 Å². The van der Waals surface area contributed by atoms with Crippen LogP contribution in [0.25, 0.3) is 0 Å². The molecule has 0 aromatic heterocycles. The average molecular weight is 279 g/mol. The summed E-state index contributed by atoms with van der Waals surface area (Å²) in [4.78, 5) is 2.26. The molecule has 0 amide bonds. The van der Waals surface area contributed by atoms with E-state index in [0.29, 0.717) is 13.2 Å². The van der Waals surface area contributed by atoms with Gasteiger partial charge in [-0.05, 0) is 24.1 Å². The van der Waals surface area contributed by atoms with Gasteiger partial charge in [-0.25, -0.2) is 0 Å². The molecule has 2 heterocycles. The van der Waals surface area contributed by atoms with Crippen molar-refractivity contribution in [2.24, 2.45) is 0 Å². The summed E-state index contributed by atoms with van der Waals surface area (Å²) in [7, 11) is 1.73. The minimum atomic E-state index is 0.171. The SMILES string of the molecule is CO[C@@H]1C[C@@H](CO)N(Cc2ccc3c(c2)OCCO3)C1. The van der Waals surface area contributed by atoms with Gasteiger partial charge in [-0.1, -0.05) is 6.07 Å².